The molecule has 0 spiro atoms. The van der Waals surface area contributed by atoms with Crippen LogP contribution in [0.1, 0.15) is 28.9 Å². The van der Waals surface area contributed by atoms with Crippen LogP contribution in [0, 0.1) is 5.82 Å². The number of nitrogens with zero attached hydrogens (tertiary/aromatic N) is 1. The van der Waals surface area contributed by atoms with Crippen molar-refractivity contribution < 1.29 is 13.9 Å². The van der Waals surface area contributed by atoms with E-state index >= 15 is 0 Å². The maximum Gasteiger partial charge on any atom is 0.272 e. The van der Waals surface area contributed by atoms with Crippen LogP contribution >= 0.6 is 0 Å². The van der Waals surface area contributed by atoms with Crippen LogP contribution in [-0.2, 0) is 6.54 Å². The number of halogens is 1. The Morgan fingerprint density at radius 3 is 2.92 bits per heavy atom. The summed E-state index contributed by atoms with van der Waals surface area (Å²) < 4.78 is 18.8. The summed E-state index contributed by atoms with van der Waals surface area (Å²) >= 11 is 0. The van der Waals surface area contributed by atoms with E-state index in [0.29, 0.717) is 23.6 Å². The standard InChI is InChI=1S/C19H19FN4O2/c1-26-17-7-2-12(20)8-11(17)10-21-14-5-6-16-15(9-14)18(24-23-16)19(25)22-13-3-4-13/h2,5-9,13,21H,3-4,10H2,1H3,(H,22,25)(H,23,24). The SMILES string of the molecule is COc1ccc(F)cc1CNc1ccc2[nH]nc(C(=O)NC3CC3)c2c1. The summed E-state index contributed by atoms with van der Waals surface area (Å²) in [6.45, 7) is 0.397. The van der Waals surface area contributed by atoms with Crippen LogP contribution in [0.15, 0.2) is 36.4 Å². The van der Waals surface area contributed by atoms with Crippen LogP contribution in [-0.4, -0.2) is 29.3 Å². The van der Waals surface area contributed by atoms with Crippen LogP contribution < -0.4 is 15.4 Å². The Morgan fingerprint density at radius 1 is 1.31 bits per heavy atom. The summed E-state index contributed by atoms with van der Waals surface area (Å²) in [7, 11) is 1.55. The van der Waals surface area contributed by atoms with E-state index in [1.807, 2.05) is 18.2 Å². The van der Waals surface area contributed by atoms with Crippen molar-refractivity contribution in [2.75, 3.05) is 12.4 Å². The van der Waals surface area contributed by atoms with E-state index in [0.717, 1.165) is 29.4 Å². The quantitative estimate of drug-likeness (QED) is 0.635. The Kier molecular flexibility index (Phi) is 4.20. The Morgan fingerprint density at radius 2 is 2.15 bits per heavy atom. The molecule has 1 saturated carbocycles. The molecule has 0 aliphatic heterocycles. The normalized spacial score (nSPS) is 13.6. The van der Waals surface area contributed by atoms with Gasteiger partial charge in [0.15, 0.2) is 5.69 Å². The van der Waals surface area contributed by atoms with E-state index in [1.165, 1.54) is 12.1 Å². The molecule has 0 bridgehead atoms. The zero-order chi connectivity index (χ0) is 18.1. The Balaban J connectivity index is 1.55. The van der Waals surface area contributed by atoms with Gasteiger partial charge in [-0.25, -0.2) is 4.39 Å². The Bertz CT molecular complexity index is 965. The molecule has 3 aromatic rings. The number of carbonyl (C=O) groups excluding carboxylic acids is 1. The number of fused-ring (bicyclic) bond motifs is 1. The maximum atomic E-state index is 13.5. The number of ether oxygens (including phenoxy) is 1. The van der Waals surface area contributed by atoms with Crippen LogP contribution in [0.5, 0.6) is 5.75 Å². The van der Waals surface area contributed by atoms with Gasteiger partial charge in [0.05, 0.1) is 12.6 Å². The van der Waals surface area contributed by atoms with Gasteiger partial charge in [-0.05, 0) is 49.2 Å². The van der Waals surface area contributed by atoms with Crippen molar-refractivity contribution in [1.29, 1.82) is 0 Å². The molecule has 1 heterocycles. The minimum Gasteiger partial charge on any atom is -0.496 e. The second kappa shape index (κ2) is 6.67. The number of rotatable bonds is 6. The van der Waals surface area contributed by atoms with Gasteiger partial charge < -0.3 is 15.4 Å². The number of aromatic nitrogens is 2. The largest absolute Gasteiger partial charge is 0.496 e. The molecule has 1 aliphatic rings. The van der Waals surface area contributed by atoms with E-state index < -0.39 is 0 Å². The lowest BCUT2D eigenvalue weighted by molar-refractivity contribution is 0.0947. The first-order valence-electron chi connectivity index (χ1n) is 8.49. The van der Waals surface area contributed by atoms with Crippen LogP contribution in [0.4, 0.5) is 10.1 Å². The average Bonchev–Trinajstić information content (AvgIpc) is 3.35. The molecule has 0 radical (unpaired) electrons. The van der Waals surface area contributed by atoms with E-state index in [-0.39, 0.29) is 17.8 Å². The lowest BCUT2D eigenvalue weighted by atomic mass is 10.1. The zero-order valence-electron chi connectivity index (χ0n) is 14.3. The highest BCUT2D eigenvalue weighted by molar-refractivity contribution is 6.05. The molecule has 26 heavy (non-hydrogen) atoms. The zero-order valence-corrected chi connectivity index (χ0v) is 14.3. The van der Waals surface area contributed by atoms with Gasteiger partial charge in [-0.15, -0.1) is 0 Å². The molecule has 1 amide bonds. The lowest BCUT2D eigenvalue weighted by Crippen LogP contribution is -2.25. The van der Waals surface area contributed by atoms with Gasteiger partial charge in [0.2, 0.25) is 0 Å². The van der Waals surface area contributed by atoms with E-state index in [4.69, 9.17) is 4.74 Å². The first-order chi connectivity index (χ1) is 12.6. The van der Waals surface area contributed by atoms with Crippen molar-refractivity contribution in [2.24, 2.45) is 0 Å². The molecule has 2 aromatic carbocycles. The molecule has 1 aliphatic carbocycles. The highest BCUT2D eigenvalue weighted by Gasteiger charge is 2.25. The van der Waals surface area contributed by atoms with Gasteiger partial charge in [-0.1, -0.05) is 0 Å². The fourth-order valence-corrected chi connectivity index (χ4v) is 2.86. The number of aromatic amines is 1. The van der Waals surface area contributed by atoms with E-state index in [2.05, 4.69) is 20.8 Å². The fourth-order valence-electron chi connectivity index (χ4n) is 2.86. The number of nitrogens with one attached hydrogen (secondary N) is 3. The van der Waals surface area contributed by atoms with E-state index in [9.17, 15) is 9.18 Å². The average molecular weight is 354 g/mol. The molecule has 6 nitrogen and oxygen atoms in total. The third kappa shape index (κ3) is 3.33. The summed E-state index contributed by atoms with van der Waals surface area (Å²) in [6.07, 6.45) is 2.05. The minimum absolute atomic E-state index is 0.164. The Labute approximate surface area is 149 Å². The monoisotopic (exact) mass is 354 g/mol. The highest BCUT2D eigenvalue weighted by atomic mass is 19.1. The number of methoxy groups -OCH3 is 1. The number of anilines is 1. The van der Waals surface area contributed by atoms with Gasteiger partial charge in [-0.2, -0.15) is 5.10 Å². The van der Waals surface area contributed by atoms with Crippen molar-refractivity contribution in [3.05, 3.63) is 53.5 Å². The second-order valence-corrected chi connectivity index (χ2v) is 6.39. The topological polar surface area (TPSA) is 79.0 Å². The molecule has 7 heteroatoms. The Hall–Kier alpha value is -3.09. The third-order valence-electron chi connectivity index (χ3n) is 4.42. The number of carbonyl (C=O) groups is 1. The van der Waals surface area contributed by atoms with Gasteiger partial charge >= 0.3 is 0 Å². The fraction of sp³-hybridized carbons (Fsp3) is 0.263. The molecule has 134 valence electrons. The number of benzene rings is 2. The summed E-state index contributed by atoms with van der Waals surface area (Å²) in [4.78, 5) is 12.3. The molecule has 1 fully saturated rings. The number of hydrogen-bond acceptors (Lipinski definition) is 4. The van der Waals surface area contributed by atoms with Crippen molar-refractivity contribution >= 4 is 22.5 Å². The molecule has 4 rings (SSSR count). The third-order valence-corrected chi connectivity index (χ3v) is 4.42. The first-order valence-corrected chi connectivity index (χ1v) is 8.49. The summed E-state index contributed by atoms with van der Waals surface area (Å²) in [5, 5.41) is 14.0. The summed E-state index contributed by atoms with van der Waals surface area (Å²) in [6, 6.07) is 10.3. The molecule has 3 N–H and O–H groups in total. The van der Waals surface area contributed by atoms with Gasteiger partial charge in [0.25, 0.3) is 5.91 Å². The molecule has 0 unspecified atom stereocenters. The molecular formula is C19H19FN4O2. The summed E-state index contributed by atoms with van der Waals surface area (Å²) in [5.41, 5.74) is 2.70. The van der Waals surface area contributed by atoms with Crippen molar-refractivity contribution in [3.63, 3.8) is 0 Å². The highest BCUT2D eigenvalue weighted by Crippen LogP contribution is 2.25. The van der Waals surface area contributed by atoms with Crippen LogP contribution in [0.25, 0.3) is 10.9 Å². The van der Waals surface area contributed by atoms with Crippen LogP contribution in [0.2, 0.25) is 0 Å². The smallest absolute Gasteiger partial charge is 0.272 e. The molecular weight excluding hydrogens is 335 g/mol. The van der Waals surface area contributed by atoms with Crippen molar-refractivity contribution in [1.82, 2.24) is 15.5 Å². The number of amides is 1. The molecule has 0 atom stereocenters. The van der Waals surface area contributed by atoms with Crippen molar-refractivity contribution in [3.8, 4) is 5.75 Å². The maximum absolute atomic E-state index is 13.5. The predicted octanol–water partition coefficient (Wildman–Crippen LogP) is 3.21. The summed E-state index contributed by atoms with van der Waals surface area (Å²) in [5.74, 6) is 0.141. The van der Waals surface area contributed by atoms with Gasteiger partial charge in [-0.3, -0.25) is 9.89 Å². The molecule has 0 saturated heterocycles. The molecule has 1 aromatic heterocycles. The van der Waals surface area contributed by atoms with Crippen molar-refractivity contribution in [2.45, 2.75) is 25.4 Å². The van der Waals surface area contributed by atoms with Gasteiger partial charge in [0.1, 0.15) is 11.6 Å². The number of H-pyrrole nitrogens is 1. The van der Waals surface area contributed by atoms with Gasteiger partial charge in [0, 0.05) is 29.2 Å². The van der Waals surface area contributed by atoms with Crippen LogP contribution in [0.3, 0.4) is 0 Å². The predicted molar refractivity (Wildman–Crippen MR) is 96.9 cm³/mol. The first kappa shape index (κ1) is 16.4. The second-order valence-electron chi connectivity index (χ2n) is 6.39. The van der Waals surface area contributed by atoms with E-state index in [1.54, 1.807) is 13.2 Å². The minimum atomic E-state index is -0.313. The number of hydrogen-bond donors (Lipinski definition) is 3. The lowest BCUT2D eigenvalue weighted by Gasteiger charge is -2.11.